The molecule has 0 saturated carbocycles. The van der Waals surface area contributed by atoms with Crippen LogP contribution in [0.25, 0.3) is 16.2 Å². The standard InChI is InChI=1S/C14H15N5O2S/c1-20-11-6-10(7-15-8-11)12-9-16-13-19(12)17-14(22-13)18-2-4-21-5-3-18/h6-9H,2-5H2,1H3. The average Bonchev–Trinajstić information content (AvgIpc) is 3.16. The van der Waals surface area contributed by atoms with Gasteiger partial charge >= 0.3 is 0 Å². The van der Waals surface area contributed by atoms with Crippen molar-refractivity contribution in [1.29, 1.82) is 0 Å². The van der Waals surface area contributed by atoms with Crippen molar-refractivity contribution >= 4 is 21.4 Å². The van der Waals surface area contributed by atoms with E-state index in [-0.39, 0.29) is 0 Å². The van der Waals surface area contributed by atoms with Crippen LogP contribution in [0.15, 0.2) is 24.7 Å². The number of methoxy groups -OCH3 is 1. The summed E-state index contributed by atoms with van der Waals surface area (Å²) < 4.78 is 12.5. The van der Waals surface area contributed by atoms with Gasteiger partial charge in [-0.05, 0) is 6.07 Å². The largest absolute Gasteiger partial charge is 0.495 e. The fraction of sp³-hybridized carbons (Fsp3) is 0.357. The predicted molar refractivity (Wildman–Crippen MR) is 83.7 cm³/mol. The lowest BCUT2D eigenvalue weighted by molar-refractivity contribution is 0.122. The zero-order chi connectivity index (χ0) is 14.9. The third kappa shape index (κ3) is 2.30. The first-order valence-corrected chi connectivity index (χ1v) is 7.83. The Morgan fingerprint density at radius 1 is 1.23 bits per heavy atom. The second-order valence-electron chi connectivity index (χ2n) is 4.94. The molecule has 3 aromatic heterocycles. The maximum absolute atomic E-state index is 5.39. The first kappa shape index (κ1) is 13.5. The smallest absolute Gasteiger partial charge is 0.214 e. The van der Waals surface area contributed by atoms with E-state index < -0.39 is 0 Å². The van der Waals surface area contributed by atoms with Gasteiger partial charge in [0.15, 0.2) is 0 Å². The van der Waals surface area contributed by atoms with E-state index in [1.165, 1.54) is 0 Å². The van der Waals surface area contributed by atoms with Gasteiger partial charge in [0.05, 0.1) is 38.4 Å². The van der Waals surface area contributed by atoms with Crippen LogP contribution >= 0.6 is 11.3 Å². The van der Waals surface area contributed by atoms with Crippen molar-refractivity contribution in [3.8, 4) is 17.0 Å². The van der Waals surface area contributed by atoms with E-state index in [1.54, 1.807) is 30.8 Å². The molecular formula is C14H15N5O2S. The van der Waals surface area contributed by atoms with Crippen molar-refractivity contribution in [1.82, 2.24) is 19.6 Å². The summed E-state index contributed by atoms with van der Waals surface area (Å²) >= 11 is 1.59. The van der Waals surface area contributed by atoms with Crippen molar-refractivity contribution < 1.29 is 9.47 Å². The van der Waals surface area contributed by atoms with Gasteiger partial charge in [-0.15, -0.1) is 5.10 Å². The van der Waals surface area contributed by atoms with Crippen LogP contribution in [0.4, 0.5) is 5.13 Å². The molecule has 1 fully saturated rings. The molecule has 114 valence electrons. The van der Waals surface area contributed by atoms with E-state index in [0.29, 0.717) is 0 Å². The highest BCUT2D eigenvalue weighted by Crippen LogP contribution is 2.29. The van der Waals surface area contributed by atoms with Crippen LogP contribution in [0.1, 0.15) is 0 Å². The van der Waals surface area contributed by atoms with Crippen LogP contribution in [0, 0.1) is 0 Å². The molecule has 4 heterocycles. The van der Waals surface area contributed by atoms with Crippen molar-refractivity contribution in [2.24, 2.45) is 0 Å². The predicted octanol–water partition coefficient (Wildman–Crippen LogP) is 1.70. The number of aromatic nitrogens is 4. The number of anilines is 1. The number of morpholine rings is 1. The minimum absolute atomic E-state index is 0.719. The molecule has 0 radical (unpaired) electrons. The highest BCUT2D eigenvalue weighted by molar-refractivity contribution is 7.20. The molecule has 1 aliphatic heterocycles. The molecule has 1 aliphatic rings. The molecule has 0 aromatic carbocycles. The van der Waals surface area contributed by atoms with Crippen molar-refractivity contribution in [2.45, 2.75) is 0 Å². The molecule has 7 nitrogen and oxygen atoms in total. The maximum atomic E-state index is 5.39. The van der Waals surface area contributed by atoms with Gasteiger partial charge in [-0.3, -0.25) is 4.98 Å². The third-order valence-corrected chi connectivity index (χ3v) is 4.58. The van der Waals surface area contributed by atoms with E-state index in [0.717, 1.165) is 53.4 Å². The Hall–Kier alpha value is -2.19. The second-order valence-corrected chi connectivity index (χ2v) is 5.87. The molecule has 0 N–H and O–H groups in total. The first-order chi connectivity index (χ1) is 10.8. The zero-order valence-corrected chi connectivity index (χ0v) is 12.9. The summed E-state index contributed by atoms with van der Waals surface area (Å²) in [5.74, 6) is 0.719. The highest BCUT2D eigenvalue weighted by Gasteiger charge is 2.18. The summed E-state index contributed by atoms with van der Waals surface area (Å²) in [5.41, 5.74) is 1.85. The van der Waals surface area contributed by atoms with Crippen LogP contribution < -0.4 is 9.64 Å². The number of fused-ring (bicyclic) bond motifs is 1. The van der Waals surface area contributed by atoms with Gasteiger partial charge in [0.2, 0.25) is 10.1 Å². The molecule has 0 bridgehead atoms. The maximum Gasteiger partial charge on any atom is 0.214 e. The van der Waals surface area contributed by atoms with E-state index in [2.05, 4.69) is 14.9 Å². The summed E-state index contributed by atoms with van der Waals surface area (Å²) in [4.78, 5) is 11.8. The van der Waals surface area contributed by atoms with E-state index in [4.69, 9.17) is 14.6 Å². The minimum atomic E-state index is 0.719. The number of pyridine rings is 1. The van der Waals surface area contributed by atoms with E-state index in [1.807, 2.05) is 16.8 Å². The van der Waals surface area contributed by atoms with Gasteiger partial charge in [-0.2, -0.15) is 0 Å². The molecule has 22 heavy (non-hydrogen) atoms. The Morgan fingerprint density at radius 2 is 2.09 bits per heavy atom. The number of rotatable bonds is 3. The number of hydrogen-bond acceptors (Lipinski definition) is 7. The lowest BCUT2D eigenvalue weighted by atomic mass is 10.2. The zero-order valence-electron chi connectivity index (χ0n) is 12.1. The van der Waals surface area contributed by atoms with Gasteiger partial charge in [-0.25, -0.2) is 9.50 Å². The lowest BCUT2D eigenvalue weighted by Crippen LogP contribution is -2.36. The van der Waals surface area contributed by atoms with Crippen LogP contribution in [0.5, 0.6) is 5.75 Å². The number of hydrogen-bond donors (Lipinski definition) is 0. The summed E-state index contributed by atoms with van der Waals surface area (Å²) in [5, 5.41) is 5.68. The molecule has 0 spiro atoms. The number of imidazole rings is 1. The molecule has 0 atom stereocenters. The lowest BCUT2D eigenvalue weighted by Gasteiger charge is -2.25. The Kier molecular flexibility index (Phi) is 3.39. The average molecular weight is 317 g/mol. The Balaban J connectivity index is 1.73. The molecule has 3 aromatic rings. The summed E-state index contributed by atoms with van der Waals surface area (Å²) in [7, 11) is 1.63. The highest BCUT2D eigenvalue weighted by atomic mass is 32.1. The Morgan fingerprint density at radius 3 is 2.91 bits per heavy atom. The molecular weight excluding hydrogens is 302 g/mol. The van der Waals surface area contributed by atoms with Crippen LogP contribution in [0.3, 0.4) is 0 Å². The van der Waals surface area contributed by atoms with Gasteiger partial charge in [0.25, 0.3) is 0 Å². The fourth-order valence-corrected chi connectivity index (χ4v) is 3.36. The quantitative estimate of drug-likeness (QED) is 0.732. The van der Waals surface area contributed by atoms with Crippen LogP contribution in [-0.4, -0.2) is 53.0 Å². The first-order valence-electron chi connectivity index (χ1n) is 7.02. The van der Waals surface area contributed by atoms with Crippen molar-refractivity contribution in [3.05, 3.63) is 24.7 Å². The molecule has 0 amide bonds. The fourth-order valence-electron chi connectivity index (χ4n) is 2.43. The molecule has 0 aliphatic carbocycles. The minimum Gasteiger partial charge on any atom is -0.495 e. The van der Waals surface area contributed by atoms with Crippen molar-refractivity contribution in [2.75, 3.05) is 38.3 Å². The van der Waals surface area contributed by atoms with Crippen LogP contribution in [0.2, 0.25) is 0 Å². The van der Waals surface area contributed by atoms with E-state index in [9.17, 15) is 0 Å². The molecule has 8 heteroatoms. The van der Waals surface area contributed by atoms with E-state index >= 15 is 0 Å². The van der Waals surface area contributed by atoms with Gasteiger partial charge < -0.3 is 14.4 Å². The van der Waals surface area contributed by atoms with Crippen LogP contribution in [-0.2, 0) is 4.74 Å². The SMILES string of the molecule is COc1cncc(-c2cnc3sc(N4CCOCC4)nn23)c1. The molecule has 4 rings (SSSR count). The van der Waals surface area contributed by atoms with Gasteiger partial charge in [0, 0.05) is 24.8 Å². The van der Waals surface area contributed by atoms with Crippen molar-refractivity contribution in [3.63, 3.8) is 0 Å². The monoisotopic (exact) mass is 317 g/mol. The Bertz CT molecular complexity index is 793. The van der Waals surface area contributed by atoms with Gasteiger partial charge in [0.1, 0.15) is 5.75 Å². The number of ether oxygens (including phenoxy) is 2. The number of nitrogens with zero attached hydrogens (tertiary/aromatic N) is 5. The topological polar surface area (TPSA) is 64.8 Å². The summed E-state index contributed by atoms with van der Waals surface area (Å²) in [6.07, 6.45) is 5.29. The second kappa shape index (κ2) is 5.54. The third-order valence-electron chi connectivity index (χ3n) is 3.60. The summed E-state index contributed by atoms with van der Waals surface area (Å²) in [6.45, 7) is 3.22. The normalized spacial score (nSPS) is 15.4. The Labute approximate surface area is 131 Å². The summed E-state index contributed by atoms with van der Waals surface area (Å²) in [6, 6.07) is 1.93. The molecule has 0 unspecified atom stereocenters. The van der Waals surface area contributed by atoms with Gasteiger partial charge in [-0.1, -0.05) is 11.3 Å². The molecule has 1 saturated heterocycles.